The molecule has 0 aliphatic heterocycles. The number of carbonyl (C=O) groups is 1. The fraction of sp³-hybridized carbons (Fsp3) is 0.208. The highest BCUT2D eigenvalue weighted by molar-refractivity contribution is 7.22. The first kappa shape index (κ1) is 19.5. The zero-order valence-corrected chi connectivity index (χ0v) is 17.9. The smallest absolute Gasteiger partial charge is 0.269 e. The number of nitrogens with zero attached hydrogens (tertiary/aromatic N) is 2. The summed E-state index contributed by atoms with van der Waals surface area (Å²) in [6, 6.07) is 18.1. The van der Waals surface area contributed by atoms with Crippen molar-refractivity contribution in [3.63, 3.8) is 0 Å². The maximum atomic E-state index is 11.8. The molecule has 2 heterocycles. The number of nitrogens with one attached hydrogen (secondary N) is 2. The Morgan fingerprint density at radius 2 is 2.00 bits per heavy atom. The van der Waals surface area contributed by atoms with E-state index in [9.17, 15) is 4.79 Å². The van der Waals surface area contributed by atoms with Gasteiger partial charge in [0.25, 0.3) is 5.91 Å². The fourth-order valence-electron chi connectivity index (χ4n) is 3.95. The van der Waals surface area contributed by atoms with E-state index in [0.29, 0.717) is 23.2 Å². The van der Waals surface area contributed by atoms with Gasteiger partial charge in [0.05, 0.1) is 16.3 Å². The molecule has 1 aliphatic rings. The molecule has 5 rings (SSSR count). The Morgan fingerprint density at radius 1 is 1.13 bits per heavy atom. The number of aromatic nitrogens is 2. The van der Waals surface area contributed by atoms with Crippen LogP contribution in [0.25, 0.3) is 10.2 Å². The summed E-state index contributed by atoms with van der Waals surface area (Å²) in [7, 11) is 1.58. The van der Waals surface area contributed by atoms with Crippen molar-refractivity contribution >= 4 is 32.6 Å². The van der Waals surface area contributed by atoms with Crippen molar-refractivity contribution < 1.29 is 9.53 Å². The third kappa shape index (κ3) is 4.09. The lowest BCUT2D eigenvalue weighted by Gasteiger charge is -2.26. The van der Waals surface area contributed by atoms with Crippen LogP contribution in [0.2, 0.25) is 0 Å². The van der Waals surface area contributed by atoms with Gasteiger partial charge in [-0.25, -0.2) is 4.98 Å². The van der Waals surface area contributed by atoms with Gasteiger partial charge in [-0.3, -0.25) is 9.78 Å². The average molecular weight is 431 g/mol. The van der Waals surface area contributed by atoms with Gasteiger partial charge in [-0.15, -0.1) is 0 Å². The Morgan fingerprint density at radius 3 is 2.90 bits per heavy atom. The van der Waals surface area contributed by atoms with Gasteiger partial charge in [-0.1, -0.05) is 35.6 Å². The van der Waals surface area contributed by atoms with Crippen LogP contribution in [-0.4, -0.2) is 22.9 Å². The summed E-state index contributed by atoms with van der Waals surface area (Å²) in [4.78, 5) is 20.6. The first-order valence-electron chi connectivity index (χ1n) is 10.3. The molecule has 0 fully saturated rings. The second-order valence-electron chi connectivity index (χ2n) is 7.49. The van der Waals surface area contributed by atoms with Crippen LogP contribution in [0, 0.1) is 0 Å². The monoisotopic (exact) mass is 430 g/mol. The molecule has 2 aromatic carbocycles. The Kier molecular flexibility index (Phi) is 5.26. The predicted molar refractivity (Wildman–Crippen MR) is 123 cm³/mol. The molecule has 4 aromatic rings. The van der Waals surface area contributed by atoms with E-state index in [1.165, 1.54) is 17.5 Å². The summed E-state index contributed by atoms with van der Waals surface area (Å²) >= 11 is 1.62. The van der Waals surface area contributed by atoms with Gasteiger partial charge in [0, 0.05) is 25.4 Å². The molecule has 0 bridgehead atoms. The maximum Gasteiger partial charge on any atom is 0.269 e. The molecule has 0 spiro atoms. The minimum Gasteiger partial charge on any atom is -0.457 e. The molecule has 0 saturated carbocycles. The minimum absolute atomic E-state index is 0.247. The number of rotatable bonds is 5. The summed E-state index contributed by atoms with van der Waals surface area (Å²) in [6.45, 7) is 0. The molecule has 156 valence electrons. The van der Waals surface area contributed by atoms with Crippen molar-refractivity contribution in [3.8, 4) is 11.5 Å². The molecule has 7 heteroatoms. The van der Waals surface area contributed by atoms with Crippen molar-refractivity contribution in [1.29, 1.82) is 0 Å². The van der Waals surface area contributed by atoms with Crippen LogP contribution in [-0.2, 0) is 6.42 Å². The number of hydrogen-bond acceptors (Lipinski definition) is 6. The first-order valence-corrected chi connectivity index (χ1v) is 11.1. The number of ether oxygens (including phenoxy) is 1. The quantitative estimate of drug-likeness (QED) is 0.447. The summed E-state index contributed by atoms with van der Waals surface area (Å²) in [5, 5.41) is 7.12. The van der Waals surface area contributed by atoms with E-state index < -0.39 is 0 Å². The van der Waals surface area contributed by atoms with E-state index >= 15 is 0 Å². The Bertz CT molecular complexity index is 1250. The molecule has 1 aliphatic carbocycles. The van der Waals surface area contributed by atoms with Gasteiger partial charge in [0.2, 0.25) is 0 Å². The van der Waals surface area contributed by atoms with Crippen molar-refractivity contribution in [2.45, 2.75) is 25.3 Å². The van der Waals surface area contributed by atoms with Gasteiger partial charge in [0.15, 0.2) is 5.13 Å². The van der Waals surface area contributed by atoms with Gasteiger partial charge in [-0.05, 0) is 48.6 Å². The molecule has 0 saturated heterocycles. The van der Waals surface area contributed by atoms with E-state index in [-0.39, 0.29) is 5.91 Å². The Hall–Kier alpha value is -3.45. The molecule has 1 atom stereocenters. The number of benzene rings is 2. The third-order valence-electron chi connectivity index (χ3n) is 5.45. The normalized spacial score (nSPS) is 15.3. The number of anilines is 1. The summed E-state index contributed by atoms with van der Waals surface area (Å²) in [5.41, 5.74) is 4.06. The Balaban J connectivity index is 1.36. The average Bonchev–Trinajstić information content (AvgIpc) is 3.20. The highest BCUT2D eigenvalue weighted by atomic mass is 32.1. The second kappa shape index (κ2) is 8.35. The molecule has 6 nitrogen and oxygen atoms in total. The zero-order chi connectivity index (χ0) is 21.2. The maximum absolute atomic E-state index is 11.8. The van der Waals surface area contributed by atoms with Crippen LogP contribution in [0.3, 0.4) is 0 Å². The number of carbonyl (C=O) groups excluding carboxylic acids is 1. The van der Waals surface area contributed by atoms with Crippen LogP contribution < -0.4 is 15.4 Å². The lowest BCUT2D eigenvalue weighted by atomic mass is 9.88. The van der Waals surface area contributed by atoms with Gasteiger partial charge >= 0.3 is 0 Å². The molecule has 0 radical (unpaired) electrons. The standard InChI is InChI=1S/C24H22N4O2S/c1-25-23(29)21-13-17(11-12-26-21)30-16-9-10-20-22(14-16)31-24(28-20)27-19-8-4-6-15-5-2-3-7-18(15)19/h2-3,5,7,9-14,19H,4,6,8H2,1H3,(H,25,29)(H,27,28)/t19-/m1/s1. The number of thiazole rings is 1. The molecule has 1 amide bonds. The van der Waals surface area contributed by atoms with E-state index in [4.69, 9.17) is 9.72 Å². The third-order valence-corrected chi connectivity index (χ3v) is 6.40. The van der Waals surface area contributed by atoms with Crippen molar-refractivity contribution in [3.05, 3.63) is 77.6 Å². The van der Waals surface area contributed by atoms with E-state index in [1.807, 2.05) is 18.2 Å². The second-order valence-corrected chi connectivity index (χ2v) is 8.53. The SMILES string of the molecule is CNC(=O)c1cc(Oc2ccc3nc(N[C@@H]4CCCc5ccccc54)sc3c2)ccn1. The summed E-state index contributed by atoms with van der Waals surface area (Å²) < 4.78 is 7.01. The van der Waals surface area contributed by atoms with Crippen LogP contribution in [0.15, 0.2) is 60.8 Å². The van der Waals surface area contributed by atoms with Gasteiger partial charge < -0.3 is 15.4 Å². The molecule has 31 heavy (non-hydrogen) atoms. The number of aryl methyl sites for hydroxylation is 1. The highest BCUT2D eigenvalue weighted by Crippen LogP contribution is 2.36. The Labute approximate surface area is 184 Å². The van der Waals surface area contributed by atoms with Crippen LogP contribution in [0.4, 0.5) is 5.13 Å². The first-order chi connectivity index (χ1) is 15.2. The lowest BCUT2D eigenvalue weighted by molar-refractivity contribution is 0.0958. The molecule has 2 N–H and O–H groups in total. The number of fused-ring (bicyclic) bond motifs is 2. The van der Waals surface area contributed by atoms with E-state index in [1.54, 1.807) is 36.7 Å². The summed E-state index contributed by atoms with van der Waals surface area (Å²) in [6.07, 6.45) is 5.00. The molecule has 0 unspecified atom stereocenters. The number of pyridine rings is 1. The number of hydrogen-bond donors (Lipinski definition) is 2. The van der Waals surface area contributed by atoms with Crippen molar-refractivity contribution in [2.24, 2.45) is 0 Å². The van der Waals surface area contributed by atoms with Crippen LogP contribution in [0.1, 0.15) is 40.5 Å². The summed E-state index contributed by atoms with van der Waals surface area (Å²) in [5.74, 6) is 1.01. The predicted octanol–water partition coefficient (Wildman–Crippen LogP) is 5.33. The molecular formula is C24H22N4O2S. The number of amides is 1. The highest BCUT2D eigenvalue weighted by Gasteiger charge is 2.20. The lowest BCUT2D eigenvalue weighted by Crippen LogP contribution is -2.18. The molecular weight excluding hydrogens is 408 g/mol. The van der Waals surface area contributed by atoms with E-state index in [2.05, 4.69) is 39.9 Å². The largest absolute Gasteiger partial charge is 0.457 e. The minimum atomic E-state index is -0.247. The van der Waals surface area contributed by atoms with Gasteiger partial charge in [0.1, 0.15) is 17.2 Å². The zero-order valence-electron chi connectivity index (χ0n) is 17.1. The molecule has 2 aromatic heterocycles. The van der Waals surface area contributed by atoms with Crippen molar-refractivity contribution in [2.75, 3.05) is 12.4 Å². The fourth-order valence-corrected chi connectivity index (χ4v) is 4.89. The van der Waals surface area contributed by atoms with Gasteiger partial charge in [-0.2, -0.15) is 0 Å². The topological polar surface area (TPSA) is 76.1 Å². The van der Waals surface area contributed by atoms with Crippen LogP contribution in [0.5, 0.6) is 11.5 Å². The van der Waals surface area contributed by atoms with Crippen LogP contribution >= 0.6 is 11.3 Å². The van der Waals surface area contributed by atoms with Crippen molar-refractivity contribution in [1.82, 2.24) is 15.3 Å². The van der Waals surface area contributed by atoms with E-state index in [0.717, 1.165) is 28.2 Å².